The summed E-state index contributed by atoms with van der Waals surface area (Å²) in [5, 5.41) is 3.46. The zero-order valence-electron chi connectivity index (χ0n) is 9.98. The third kappa shape index (κ3) is 2.62. The zero-order valence-corrected chi connectivity index (χ0v) is 9.98. The zero-order chi connectivity index (χ0) is 11.5. The van der Waals surface area contributed by atoms with Gasteiger partial charge in [0.25, 0.3) is 0 Å². The second-order valence-corrected chi connectivity index (χ2v) is 4.97. The highest BCUT2D eigenvalue weighted by atomic mass is 15.0. The van der Waals surface area contributed by atoms with Gasteiger partial charge in [0.05, 0.1) is 0 Å². The number of nitrogens with zero attached hydrogens (tertiary/aromatic N) is 2. The molecule has 0 aliphatic heterocycles. The first-order chi connectivity index (χ1) is 7.65. The summed E-state index contributed by atoms with van der Waals surface area (Å²) in [6, 6.07) is 2.32. The number of hydrogen-bond acceptors (Lipinski definition) is 4. The summed E-state index contributed by atoms with van der Waals surface area (Å²) in [5.74, 6) is 2.91. The van der Waals surface area contributed by atoms with Crippen LogP contribution in [0.25, 0.3) is 0 Å². The maximum atomic E-state index is 5.63. The topological polar surface area (TPSA) is 63.8 Å². The number of nitrogen functional groups attached to an aromatic ring is 1. The molecule has 1 aliphatic rings. The Balaban J connectivity index is 1.99. The monoisotopic (exact) mass is 220 g/mol. The van der Waals surface area contributed by atoms with E-state index in [1.165, 1.54) is 25.6 Å². The molecule has 1 fully saturated rings. The van der Waals surface area contributed by atoms with Crippen LogP contribution in [0.5, 0.6) is 0 Å². The van der Waals surface area contributed by atoms with Crippen molar-refractivity contribution in [3.05, 3.63) is 12.4 Å². The molecule has 0 aromatic carbocycles. The molecule has 16 heavy (non-hydrogen) atoms. The smallest absolute Gasteiger partial charge is 0.131 e. The molecule has 3 atom stereocenters. The fourth-order valence-corrected chi connectivity index (χ4v) is 2.52. The van der Waals surface area contributed by atoms with Crippen LogP contribution in [0.3, 0.4) is 0 Å². The SMILES string of the molecule is CC1CCC(Nc2cc(N)ncn2)C(C)C1. The fourth-order valence-electron chi connectivity index (χ4n) is 2.52. The highest BCUT2D eigenvalue weighted by molar-refractivity contribution is 5.44. The minimum absolute atomic E-state index is 0.519. The van der Waals surface area contributed by atoms with Gasteiger partial charge in [-0.25, -0.2) is 9.97 Å². The van der Waals surface area contributed by atoms with E-state index in [0.29, 0.717) is 17.8 Å². The van der Waals surface area contributed by atoms with E-state index in [4.69, 9.17) is 5.73 Å². The van der Waals surface area contributed by atoms with E-state index >= 15 is 0 Å². The van der Waals surface area contributed by atoms with Crippen LogP contribution in [0, 0.1) is 11.8 Å². The van der Waals surface area contributed by atoms with Gasteiger partial charge in [0, 0.05) is 12.1 Å². The van der Waals surface area contributed by atoms with Gasteiger partial charge in [-0.3, -0.25) is 0 Å². The number of aromatic nitrogens is 2. The van der Waals surface area contributed by atoms with E-state index < -0.39 is 0 Å². The molecule has 1 saturated carbocycles. The quantitative estimate of drug-likeness (QED) is 0.802. The number of rotatable bonds is 2. The number of nitrogens with two attached hydrogens (primary N) is 1. The molecule has 4 nitrogen and oxygen atoms in total. The highest BCUT2D eigenvalue weighted by Crippen LogP contribution is 2.30. The van der Waals surface area contributed by atoms with Gasteiger partial charge in [0.2, 0.25) is 0 Å². The summed E-state index contributed by atoms with van der Waals surface area (Å²) in [6.07, 6.45) is 5.31. The van der Waals surface area contributed by atoms with Crippen LogP contribution >= 0.6 is 0 Å². The first kappa shape index (κ1) is 11.2. The van der Waals surface area contributed by atoms with Gasteiger partial charge in [0.1, 0.15) is 18.0 Å². The van der Waals surface area contributed by atoms with Gasteiger partial charge >= 0.3 is 0 Å². The molecule has 4 heteroatoms. The summed E-state index contributed by atoms with van der Waals surface area (Å²) in [5.41, 5.74) is 5.63. The summed E-state index contributed by atoms with van der Waals surface area (Å²) < 4.78 is 0. The Labute approximate surface area is 96.7 Å². The molecular weight excluding hydrogens is 200 g/mol. The molecule has 0 amide bonds. The Morgan fingerprint density at radius 1 is 1.31 bits per heavy atom. The lowest BCUT2D eigenvalue weighted by atomic mass is 9.80. The molecule has 88 valence electrons. The van der Waals surface area contributed by atoms with Crippen molar-refractivity contribution in [2.45, 2.75) is 39.2 Å². The molecule has 0 saturated heterocycles. The largest absolute Gasteiger partial charge is 0.384 e. The van der Waals surface area contributed by atoms with Crippen LogP contribution in [0.2, 0.25) is 0 Å². The molecule has 0 radical (unpaired) electrons. The van der Waals surface area contributed by atoms with Crippen LogP contribution in [0.15, 0.2) is 12.4 Å². The highest BCUT2D eigenvalue weighted by Gasteiger charge is 2.25. The summed E-state index contributed by atoms with van der Waals surface area (Å²) in [7, 11) is 0. The van der Waals surface area contributed by atoms with Crippen LogP contribution < -0.4 is 11.1 Å². The van der Waals surface area contributed by atoms with E-state index in [2.05, 4.69) is 29.1 Å². The van der Waals surface area contributed by atoms with Crippen molar-refractivity contribution in [2.75, 3.05) is 11.1 Å². The van der Waals surface area contributed by atoms with E-state index in [1.54, 1.807) is 6.07 Å². The predicted molar refractivity (Wildman–Crippen MR) is 66.0 cm³/mol. The van der Waals surface area contributed by atoms with Crippen LogP contribution in [0.4, 0.5) is 11.6 Å². The number of hydrogen-bond donors (Lipinski definition) is 2. The Bertz CT molecular complexity index is 353. The molecule has 1 heterocycles. The van der Waals surface area contributed by atoms with Crippen LogP contribution in [-0.2, 0) is 0 Å². The predicted octanol–water partition coefficient (Wildman–Crippen LogP) is 2.30. The van der Waals surface area contributed by atoms with Crippen molar-refractivity contribution < 1.29 is 0 Å². The van der Waals surface area contributed by atoms with Crippen LogP contribution in [0.1, 0.15) is 33.1 Å². The third-order valence-corrected chi connectivity index (χ3v) is 3.45. The first-order valence-corrected chi connectivity index (χ1v) is 5.99. The average Bonchev–Trinajstić information content (AvgIpc) is 2.22. The average molecular weight is 220 g/mol. The van der Waals surface area contributed by atoms with Crippen molar-refractivity contribution in [1.29, 1.82) is 0 Å². The van der Waals surface area contributed by atoms with Crippen LogP contribution in [-0.4, -0.2) is 16.0 Å². The normalized spacial score (nSPS) is 30.0. The third-order valence-electron chi connectivity index (χ3n) is 3.45. The van der Waals surface area contributed by atoms with Gasteiger partial charge in [-0.2, -0.15) is 0 Å². The Kier molecular flexibility index (Phi) is 3.27. The van der Waals surface area contributed by atoms with Gasteiger partial charge in [-0.05, 0) is 31.1 Å². The molecule has 0 bridgehead atoms. The Morgan fingerprint density at radius 3 is 2.81 bits per heavy atom. The molecule has 1 aliphatic carbocycles. The van der Waals surface area contributed by atoms with Gasteiger partial charge in [-0.15, -0.1) is 0 Å². The van der Waals surface area contributed by atoms with Gasteiger partial charge in [-0.1, -0.05) is 13.8 Å². The second kappa shape index (κ2) is 4.68. The maximum absolute atomic E-state index is 5.63. The summed E-state index contributed by atoms with van der Waals surface area (Å²) >= 11 is 0. The fraction of sp³-hybridized carbons (Fsp3) is 0.667. The molecule has 3 unspecified atom stereocenters. The lowest BCUT2D eigenvalue weighted by molar-refractivity contribution is 0.276. The molecule has 2 rings (SSSR count). The molecule has 0 spiro atoms. The van der Waals surface area contributed by atoms with Crippen molar-refractivity contribution in [2.24, 2.45) is 11.8 Å². The van der Waals surface area contributed by atoms with E-state index in [9.17, 15) is 0 Å². The minimum Gasteiger partial charge on any atom is -0.384 e. The van der Waals surface area contributed by atoms with Gasteiger partial charge in [0.15, 0.2) is 0 Å². The van der Waals surface area contributed by atoms with Gasteiger partial charge < -0.3 is 11.1 Å². The first-order valence-electron chi connectivity index (χ1n) is 5.99. The molecule has 1 aromatic heterocycles. The molecule has 1 aromatic rings. The number of anilines is 2. The molecular formula is C12H20N4. The number of nitrogens with one attached hydrogen (secondary N) is 1. The molecule has 3 N–H and O–H groups in total. The second-order valence-electron chi connectivity index (χ2n) is 4.97. The lowest BCUT2D eigenvalue weighted by Crippen LogP contribution is -2.33. The van der Waals surface area contributed by atoms with Crippen molar-refractivity contribution in [1.82, 2.24) is 9.97 Å². The van der Waals surface area contributed by atoms with E-state index in [1.807, 2.05) is 0 Å². The Hall–Kier alpha value is -1.32. The Morgan fingerprint density at radius 2 is 2.12 bits per heavy atom. The van der Waals surface area contributed by atoms with Crippen molar-refractivity contribution >= 4 is 11.6 Å². The van der Waals surface area contributed by atoms with Crippen molar-refractivity contribution in [3.63, 3.8) is 0 Å². The summed E-state index contributed by atoms with van der Waals surface area (Å²) in [4.78, 5) is 8.08. The minimum atomic E-state index is 0.519. The lowest BCUT2D eigenvalue weighted by Gasteiger charge is -2.33. The summed E-state index contributed by atoms with van der Waals surface area (Å²) in [6.45, 7) is 4.63. The maximum Gasteiger partial charge on any atom is 0.131 e. The standard InChI is InChI=1S/C12H20N4/c1-8-3-4-10(9(2)5-8)16-12-6-11(13)14-7-15-12/h6-10H,3-5H2,1-2H3,(H3,13,14,15,16). The van der Waals surface area contributed by atoms with Crippen molar-refractivity contribution in [3.8, 4) is 0 Å². The van der Waals surface area contributed by atoms with E-state index in [0.717, 1.165) is 11.7 Å². The van der Waals surface area contributed by atoms with E-state index in [-0.39, 0.29) is 0 Å².